The number of hydrogen-bond donors (Lipinski definition) is 1. The molecule has 1 atom stereocenters. The lowest BCUT2D eigenvalue weighted by Gasteiger charge is -2.18. The lowest BCUT2D eigenvalue weighted by atomic mass is 10.2. The van der Waals surface area contributed by atoms with Crippen LogP contribution in [0.15, 0.2) is 17.5 Å². The molecular formula is C17H23N5O3S3. The Morgan fingerprint density at radius 1 is 1.43 bits per heavy atom. The van der Waals surface area contributed by atoms with Crippen molar-refractivity contribution in [2.24, 2.45) is 0 Å². The first-order valence-corrected chi connectivity index (χ1v) is 12.3. The molecule has 28 heavy (non-hydrogen) atoms. The third-order valence-electron chi connectivity index (χ3n) is 4.91. The molecular weight excluding hydrogens is 418 g/mol. The van der Waals surface area contributed by atoms with Gasteiger partial charge in [-0.25, -0.2) is 13.1 Å². The molecule has 1 unspecified atom stereocenters. The van der Waals surface area contributed by atoms with Crippen LogP contribution in [0.2, 0.25) is 0 Å². The summed E-state index contributed by atoms with van der Waals surface area (Å²) in [5, 5.41) is 9.55. The predicted octanol–water partition coefficient (Wildman–Crippen LogP) is 1.67. The number of rotatable bonds is 7. The zero-order valence-electron chi connectivity index (χ0n) is 15.6. The molecule has 0 bridgehead atoms. The molecule has 1 saturated carbocycles. The van der Waals surface area contributed by atoms with Crippen molar-refractivity contribution in [3.8, 4) is 10.7 Å². The molecule has 2 aromatic heterocycles. The van der Waals surface area contributed by atoms with Gasteiger partial charge in [-0.15, -0.1) is 16.4 Å². The van der Waals surface area contributed by atoms with Crippen LogP contribution in [0.1, 0.15) is 25.3 Å². The van der Waals surface area contributed by atoms with Crippen LogP contribution in [-0.4, -0.2) is 64.7 Å². The maximum Gasteiger partial charge on any atom is 0.234 e. The Kier molecular flexibility index (Phi) is 5.43. The van der Waals surface area contributed by atoms with Gasteiger partial charge in [0.2, 0.25) is 5.91 Å². The highest BCUT2D eigenvalue weighted by Gasteiger charge is 2.30. The van der Waals surface area contributed by atoms with Crippen molar-refractivity contribution < 1.29 is 13.2 Å². The van der Waals surface area contributed by atoms with Crippen molar-refractivity contribution in [1.29, 1.82) is 0 Å². The number of amides is 1. The van der Waals surface area contributed by atoms with Crippen LogP contribution in [0, 0.1) is 4.77 Å². The molecule has 2 fully saturated rings. The average Bonchev–Trinajstić information content (AvgIpc) is 3.03. The molecule has 4 rings (SSSR count). The van der Waals surface area contributed by atoms with E-state index in [1.54, 1.807) is 16.0 Å². The minimum atomic E-state index is -3.01. The second-order valence-electron chi connectivity index (χ2n) is 7.51. The van der Waals surface area contributed by atoms with E-state index >= 15 is 0 Å². The van der Waals surface area contributed by atoms with E-state index in [1.165, 1.54) is 0 Å². The molecule has 11 heteroatoms. The van der Waals surface area contributed by atoms with E-state index < -0.39 is 9.84 Å². The molecule has 0 aromatic carbocycles. The van der Waals surface area contributed by atoms with Crippen molar-refractivity contribution in [1.82, 2.24) is 24.6 Å². The van der Waals surface area contributed by atoms with Gasteiger partial charge in [-0.1, -0.05) is 6.07 Å². The van der Waals surface area contributed by atoms with Crippen LogP contribution < -0.4 is 5.32 Å². The molecule has 8 nitrogen and oxygen atoms in total. The van der Waals surface area contributed by atoms with Gasteiger partial charge in [-0.05, 0) is 50.0 Å². The van der Waals surface area contributed by atoms with Crippen molar-refractivity contribution in [3.63, 3.8) is 0 Å². The van der Waals surface area contributed by atoms with Gasteiger partial charge < -0.3 is 5.32 Å². The average molecular weight is 442 g/mol. The number of sulfone groups is 1. The highest BCUT2D eigenvalue weighted by Crippen LogP contribution is 2.39. The van der Waals surface area contributed by atoms with Crippen molar-refractivity contribution in [2.75, 3.05) is 25.1 Å². The molecule has 0 radical (unpaired) electrons. The molecule has 3 heterocycles. The normalized spacial score (nSPS) is 21.3. The van der Waals surface area contributed by atoms with Gasteiger partial charge in [0.15, 0.2) is 20.4 Å². The molecule has 1 N–H and O–H groups in total. The third kappa shape index (κ3) is 4.37. The summed E-state index contributed by atoms with van der Waals surface area (Å²) >= 11 is 7.28. The molecule has 2 aromatic rings. The summed E-state index contributed by atoms with van der Waals surface area (Å²) in [6.07, 6.45) is 2.71. The van der Waals surface area contributed by atoms with E-state index in [9.17, 15) is 13.2 Å². The minimum absolute atomic E-state index is 0.0312. The number of likely N-dealkylation sites (N-methyl/N-ethyl adjacent to an activating group) is 1. The molecule has 1 aliphatic heterocycles. The van der Waals surface area contributed by atoms with Crippen LogP contribution in [0.5, 0.6) is 0 Å². The quantitative estimate of drug-likeness (QED) is 0.658. The summed E-state index contributed by atoms with van der Waals surface area (Å²) in [4.78, 5) is 15.2. The first-order chi connectivity index (χ1) is 13.3. The Balaban J connectivity index is 1.42. The monoisotopic (exact) mass is 441 g/mol. The zero-order chi connectivity index (χ0) is 19.9. The van der Waals surface area contributed by atoms with E-state index in [0.29, 0.717) is 23.9 Å². The van der Waals surface area contributed by atoms with Gasteiger partial charge in [-0.2, -0.15) is 0 Å². The molecule has 0 spiro atoms. The van der Waals surface area contributed by atoms with E-state index in [4.69, 9.17) is 17.3 Å². The maximum atomic E-state index is 12.3. The standard InChI is InChI=1S/C17H23N5O3S3/c1-20(9-15(23)18-12-6-8-28(24,25)10-12)11-21-17(26)22(13-4-5-13)16(19-21)14-3-2-7-27-14/h2-3,7,12-13H,4-6,8-11H2,1H3,(H,18,23). The fourth-order valence-electron chi connectivity index (χ4n) is 3.45. The SMILES string of the molecule is CN(CC(=O)NC1CCS(=O)(=O)C1)Cn1nc(-c2cccs2)n(C2CC2)c1=S. The summed E-state index contributed by atoms with van der Waals surface area (Å²) in [7, 11) is -1.18. The van der Waals surface area contributed by atoms with Crippen LogP contribution in [0.3, 0.4) is 0 Å². The number of carbonyl (C=O) groups excluding carboxylic acids is 1. The topological polar surface area (TPSA) is 89.2 Å². The molecule has 1 aliphatic carbocycles. The summed E-state index contributed by atoms with van der Waals surface area (Å²) < 4.78 is 27.6. The summed E-state index contributed by atoms with van der Waals surface area (Å²) in [5.41, 5.74) is 0. The second kappa shape index (κ2) is 7.69. The van der Waals surface area contributed by atoms with E-state index in [1.807, 2.05) is 29.5 Å². The van der Waals surface area contributed by atoms with Crippen LogP contribution in [0.4, 0.5) is 0 Å². The minimum Gasteiger partial charge on any atom is -0.351 e. The van der Waals surface area contributed by atoms with E-state index in [2.05, 4.69) is 9.88 Å². The van der Waals surface area contributed by atoms with Crippen LogP contribution in [-0.2, 0) is 21.3 Å². The molecule has 1 saturated heterocycles. The third-order valence-corrected chi connectivity index (χ3v) is 7.95. The molecule has 1 amide bonds. The first kappa shape index (κ1) is 19.7. The summed E-state index contributed by atoms with van der Waals surface area (Å²) in [6.45, 7) is 0.552. The molecule has 2 aliphatic rings. The van der Waals surface area contributed by atoms with Gasteiger partial charge in [0.05, 0.1) is 29.6 Å². The molecule has 152 valence electrons. The van der Waals surface area contributed by atoms with Crippen LogP contribution >= 0.6 is 23.6 Å². The maximum absolute atomic E-state index is 12.3. The Bertz CT molecular complexity index is 1020. The van der Waals surface area contributed by atoms with Gasteiger partial charge >= 0.3 is 0 Å². The Labute approximate surface area is 173 Å². The van der Waals surface area contributed by atoms with E-state index in [-0.39, 0.29) is 30.0 Å². The lowest BCUT2D eigenvalue weighted by Crippen LogP contribution is -2.42. The number of nitrogens with one attached hydrogen (secondary N) is 1. The van der Waals surface area contributed by atoms with Gasteiger partial charge in [0.1, 0.15) is 0 Å². The Morgan fingerprint density at radius 2 is 2.21 bits per heavy atom. The van der Waals surface area contributed by atoms with Gasteiger partial charge in [0.25, 0.3) is 0 Å². The van der Waals surface area contributed by atoms with Gasteiger partial charge in [-0.3, -0.25) is 14.3 Å². The first-order valence-electron chi connectivity index (χ1n) is 9.24. The Morgan fingerprint density at radius 3 is 2.82 bits per heavy atom. The highest BCUT2D eigenvalue weighted by molar-refractivity contribution is 7.91. The second-order valence-corrected chi connectivity index (χ2v) is 11.0. The smallest absolute Gasteiger partial charge is 0.234 e. The van der Waals surface area contributed by atoms with Crippen LogP contribution in [0.25, 0.3) is 10.7 Å². The van der Waals surface area contributed by atoms with Crippen molar-refractivity contribution >= 4 is 39.3 Å². The van der Waals surface area contributed by atoms with Crippen molar-refractivity contribution in [3.05, 3.63) is 22.3 Å². The largest absolute Gasteiger partial charge is 0.351 e. The van der Waals surface area contributed by atoms with E-state index in [0.717, 1.165) is 23.5 Å². The predicted molar refractivity (Wildman–Crippen MR) is 110 cm³/mol. The summed E-state index contributed by atoms with van der Waals surface area (Å²) in [6, 6.07) is 4.17. The Hall–Kier alpha value is -1.56. The number of thiophene rings is 1. The fraction of sp³-hybridized carbons (Fsp3) is 0.588. The summed E-state index contributed by atoms with van der Waals surface area (Å²) in [5.74, 6) is 0.879. The zero-order valence-corrected chi connectivity index (χ0v) is 18.0. The number of carbonyl (C=O) groups is 1. The number of aromatic nitrogens is 3. The number of nitrogens with zero attached hydrogens (tertiary/aromatic N) is 4. The van der Waals surface area contributed by atoms with Crippen molar-refractivity contribution in [2.45, 2.75) is 38.0 Å². The highest BCUT2D eigenvalue weighted by atomic mass is 32.2. The number of hydrogen-bond acceptors (Lipinski definition) is 7. The fourth-order valence-corrected chi connectivity index (χ4v) is 6.17. The van der Waals surface area contributed by atoms with Gasteiger partial charge in [0, 0.05) is 12.1 Å². The lowest BCUT2D eigenvalue weighted by molar-refractivity contribution is -0.122.